The van der Waals surface area contributed by atoms with Gasteiger partial charge >= 0.3 is 0 Å². The van der Waals surface area contributed by atoms with Crippen LogP contribution in [0.5, 0.6) is 11.5 Å². The van der Waals surface area contributed by atoms with Gasteiger partial charge in [0.15, 0.2) is 0 Å². The molecule has 0 spiro atoms. The van der Waals surface area contributed by atoms with Crippen molar-refractivity contribution in [1.29, 1.82) is 0 Å². The van der Waals surface area contributed by atoms with Crippen molar-refractivity contribution in [3.05, 3.63) is 98.5 Å². The Morgan fingerprint density at radius 2 is 1.82 bits per heavy atom. The average Bonchev–Trinajstić information content (AvgIpc) is 3.39. The molecule has 2 aromatic heterocycles. The molecule has 1 aliphatic rings. The van der Waals surface area contributed by atoms with E-state index in [4.69, 9.17) is 44.3 Å². The third-order valence-corrected chi connectivity index (χ3v) is 8.13. The number of para-hydroxylation sites is 1. The number of ether oxygens (including phenoxy) is 2. The molecule has 1 aliphatic carbocycles. The second kappa shape index (κ2) is 10.6. The molecule has 5 rings (SSSR count). The molecule has 1 fully saturated rings. The Kier molecular flexibility index (Phi) is 7.40. The first-order valence-electron chi connectivity index (χ1n) is 12.2. The van der Waals surface area contributed by atoms with Crippen LogP contribution in [-0.4, -0.2) is 21.2 Å². The second-order valence-corrected chi connectivity index (χ2v) is 11.2. The van der Waals surface area contributed by atoms with Crippen molar-refractivity contribution in [1.82, 2.24) is 14.8 Å². The van der Waals surface area contributed by atoms with Crippen LogP contribution in [0.1, 0.15) is 61.4 Å². The van der Waals surface area contributed by atoms with Crippen molar-refractivity contribution in [2.24, 2.45) is 0 Å². The van der Waals surface area contributed by atoms with E-state index in [-0.39, 0.29) is 23.9 Å². The van der Waals surface area contributed by atoms with Crippen molar-refractivity contribution in [3.8, 4) is 17.2 Å². The van der Waals surface area contributed by atoms with E-state index in [1.807, 2.05) is 36.7 Å². The number of rotatable bonds is 9. The fourth-order valence-electron chi connectivity index (χ4n) is 4.92. The Hall–Kier alpha value is -3.06. The van der Waals surface area contributed by atoms with Crippen molar-refractivity contribution in [2.45, 2.75) is 51.0 Å². The normalized spacial score (nSPS) is 18.4. The lowest BCUT2D eigenvalue weighted by atomic mass is 9.94. The predicted molar refractivity (Wildman–Crippen MR) is 149 cm³/mol. The van der Waals surface area contributed by atoms with Gasteiger partial charge in [0, 0.05) is 16.6 Å². The first-order chi connectivity index (χ1) is 18.2. The molecule has 0 radical (unpaired) electrons. The van der Waals surface area contributed by atoms with Gasteiger partial charge in [-0.25, -0.2) is 4.68 Å². The first-order valence-corrected chi connectivity index (χ1v) is 13.4. The van der Waals surface area contributed by atoms with Gasteiger partial charge in [0.2, 0.25) is 0 Å². The number of halogens is 3. The summed E-state index contributed by atoms with van der Waals surface area (Å²) in [4.78, 5) is 14.9. The van der Waals surface area contributed by atoms with Crippen molar-refractivity contribution in [3.63, 3.8) is 0 Å². The lowest BCUT2D eigenvalue weighted by Crippen LogP contribution is -2.09. The Morgan fingerprint density at radius 3 is 2.50 bits per heavy atom. The SMILES string of the molecule is CC(C)c1cnn(-c2c(Cl)cccc2Cl)c1COc1ccc(C2CC2(C)c2cncc(OC=O)c2)c(Cl)c1. The monoisotopic (exact) mass is 569 g/mol. The molecule has 0 bridgehead atoms. The fraction of sp³-hybridized carbons (Fsp3) is 0.276. The number of pyridine rings is 1. The van der Waals surface area contributed by atoms with E-state index in [1.165, 1.54) is 6.20 Å². The smallest absolute Gasteiger partial charge is 0.298 e. The van der Waals surface area contributed by atoms with Gasteiger partial charge in [-0.2, -0.15) is 5.10 Å². The maximum absolute atomic E-state index is 10.7. The highest BCUT2D eigenvalue weighted by Crippen LogP contribution is 2.61. The van der Waals surface area contributed by atoms with Gasteiger partial charge in [0.1, 0.15) is 23.8 Å². The van der Waals surface area contributed by atoms with Crippen molar-refractivity contribution < 1.29 is 14.3 Å². The molecule has 0 saturated heterocycles. The zero-order chi connectivity index (χ0) is 27.0. The Labute approximate surface area is 236 Å². The van der Waals surface area contributed by atoms with Gasteiger partial charge in [-0.3, -0.25) is 9.78 Å². The molecule has 0 N–H and O–H groups in total. The quantitative estimate of drug-likeness (QED) is 0.191. The number of carbonyl (C=O) groups is 1. The Morgan fingerprint density at radius 1 is 1.05 bits per heavy atom. The van der Waals surface area contributed by atoms with E-state index in [0.717, 1.165) is 28.8 Å². The summed E-state index contributed by atoms with van der Waals surface area (Å²) in [5, 5.41) is 6.23. The molecule has 9 heteroatoms. The minimum absolute atomic E-state index is 0.145. The number of hydrogen-bond acceptors (Lipinski definition) is 5. The van der Waals surface area contributed by atoms with Crippen LogP contribution < -0.4 is 9.47 Å². The van der Waals surface area contributed by atoms with Gasteiger partial charge in [0.25, 0.3) is 6.47 Å². The van der Waals surface area contributed by atoms with Crippen LogP contribution >= 0.6 is 34.8 Å². The summed E-state index contributed by atoms with van der Waals surface area (Å²) in [6.07, 6.45) is 6.07. The highest BCUT2D eigenvalue weighted by Gasteiger charge is 2.53. The van der Waals surface area contributed by atoms with Crippen molar-refractivity contribution >= 4 is 41.3 Å². The molecule has 38 heavy (non-hydrogen) atoms. The zero-order valence-electron chi connectivity index (χ0n) is 21.1. The van der Waals surface area contributed by atoms with Crippen molar-refractivity contribution in [2.75, 3.05) is 0 Å². The summed E-state index contributed by atoms with van der Waals surface area (Å²) >= 11 is 19.7. The average molecular weight is 571 g/mol. The largest absolute Gasteiger partial charge is 0.487 e. The molecule has 6 nitrogen and oxygen atoms in total. The molecule has 2 heterocycles. The van der Waals surface area contributed by atoms with Crippen LogP contribution in [0, 0.1) is 0 Å². The van der Waals surface area contributed by atoms with Crippen LogP contribution in [-0.2, 0) is 16.8 Å². The first kappa shape index (κ1) is 26.5. The molecule has 2 unspecified atom stereocenters. The summed E-state index contributed by atoms with van der Waals surface area (Å²) in [6, 6.07) is 13.0. The third-order valence-electron chi connectivity index (χ3n) is 7.19. The summed E-state index contributed by atoms with van der Waals surface area (Å²) < 4.78 is 12.9. The molecule has 0 aliphatic heterocycles. The number of benzene rings is 2. The number of aromatic nitrogens is 3. The maximum Gasteiger partial charge on any atom is 0.298 e. The lowest BCUT2D eigenvalue weighted by Gasteiger charge is -2.16. The maximum atomic E-state index is 10.7. The zero-order valence-corrected chi connectivity index (χ0v) is 23.4. The van der Waals surface area contributed by atoms with Crippen LogP contribution in [0.25, 0.3) is 5.69 Å². The number of carbonyl (C=O) groups excluding carboxylic acids is 1. The second-order valence-electron chi connectivity index (χ2n) is 9.95. The molecule has 4 aromatic rings. The van der Waals surface area contributed by atoms with Gasteiger partial charge in [-0.15, -0.1) is 0 Å². The summed E-state index contributed by atoms with van der Waals surface area (Å²) in [5.41, 5.74) is 4.44. The molecule has 2 atom stereocenters. The molecule has 1 saturated carbocycles. The van der Waals surface area contributed by atoms with Gasteiger partial charge in [-0.05, 0) is 65.3 Å². The molecule has 0 amide bonds. The number of hydrogen-bond donors (Lipinski definition) is 0. The molecule has 2 aromatic carbocycles. The number of nitrogens with zero attached hydrogens (tertiary/aromatic N) is 3. The Balaban J connectivity index is 1.36. The van der Waals surface area contributed by atoms with E-state index in [2.05, 4.69) is 30.9 Å². The topological polar surface area (TPSA) is 66.2 Å². The van der Waals surface area contributed by atoms with Gasteiger partial charge in [-0.1, -0.05) is 67.7 Å². The summed E-state index contributed by atoms with van der Waals surface area (Å²) in [5.74, 6) is 1.52. The highest BCUT2D eigenvalue weighted by atomic mass is 35.5. The van der Waals surface area contributed by atoms with E-state index in [0.29, 0.717) is 38.7 Å². The van der Waals surface area contributed by atoms with E-state index in [9.17, 15) is 4.79 Å². The van der Waals surface area contributed by atoms with Crippen LogP contribution in [0.15, 0.2) is 61.1 Å². The highest BCUT2D eigenvalue weighted by molar-refractivity contribution is 6.37. The minimum atomic E-state index is -0.145. The minimum Gasteiger partial charge on any atom is -0.487 e. The third kappa shape index (κ3) is 5.00. The summed E-state index contributed by atoms with van der Waals surface area (Å²) in [6.45, 7) is 7.04. The van der Waals surface area contributed by atoms with E-state index in [1.54, 1.807) is 22.9 Å². The Bertz CT molecular complexity index is 1480. The van der Waals surface area contributed by atoms with Gasteiger partial charge in [0.05, 0.1) is 28.1 Å². The van der Waals surface area contributed by atoms with Crippen LogP contribution in [0.4, 0.5) is 0 Å². The summed E-state index contributed by atoms with van der Waals surface area (Å²) in [7, 11) is 0. The molecular formula is C29H26Cl3N3O3. The van der Waals surface area contributed by atoms with E-state index >= 15 is 0 Å². The van der Waals surface area contributed by atoms with Crippen LogP contribution in [0.2, 0.25) is 15.1 Å². The lowest BCUT2D eigenvalue weighted by molar-refractivity contribution is -0.120. The van der Waals surface area contributed by atoms with Gasteiger partial charge < -0.3 is 9.47 Å². The molecular weight excluding hydrogens is 545 g/mol. The standard InChI is InChI=1S/C29H26Cl3N3O3/c1-17(2)22-14-34-35(28-24(30)5-4-6-25(28)31)27(22)15-37-19-7-8-21(26(32)10-19)23-11-29(23,3)18-9-20(38-16-36)13-33-12-18/h4-10,12-14,16-17,23H,11,15H2,1-3H3. The van der Waals surface area contributed by atoms with Crippen LogP contribution in [0.3, 0.4) is 0 Å². The predicted octanol–water partition coefficient (Wildman–Crippen LogP) is 7.91. The fourth-order valence-corrected chi connectivity index (χ4v) is 5.78. The molecule has 196 valence electrons. The van der Waals surface area contributed by atoms with E-state index < -0.39 is 0 Å².